The molecule has 1 amide bonds. The van der Waals surface area contributed by atoms with Crippen molar-refractivity contribution >= 4 is 47.4 Å². The van der Waals surface area contributed by atoms with Crippen molar-refractivity contribution in [3.8, 4) is 0 Å². The first-order chi connectivity index (χ1) is 13.3. The summed E-state index contributed by atoms with van der Waals surface area (Å²) in [7, 11) is 0. The zero-order valence-electron chi connectivity index (χ0n) is 18.2. The molecule has 29 heavy (non-hydrogen) atoms. The molecular weight excluding hydrogens is 503 g/mol. The molecule has 1 fully saturated rings. The maximum absolute atomic E-state index is 12.1. The molecule has 0 radical (unpaired) electrons. The smallest absolute Gasteiger partial charge is 0.410 e. The predicted molar refractivity (Wildman–Crippen MR) is 129 cm³/mol. The molecule has 2 rings (SSSR count). The number of aliphatic imine (C=N–C) groups is 1. The first kappa shape index (κ1) is 25.9. The van der Waals surface area contributed by atoms with Gasteiger partial charge in [-0.3, -0.25) is 4.90 Å². The van der Waals surface area contributed by atoms with Gasteiger partial charge < -0.3 is 20.3 Å². The third kappa shape index (κ3) is 9.94. The summed E-state index contributed by atoms with van der Waals surface area (Å²) in [5.41, 5.74) is -0.447. The lowest BCUT2D eigenvalue weighted by Crippen LogP contribution is -2.51. The van der Waals surface area contributed by atoms with Crippen molar-refractivity contribution in [2.24, 2.45) is 4.99 Å². The highest BCUT2D eigenvalue weighted by atomic mass is 127. The summed E-state index contributed by atoms with van der Waals surface area (Å²) in [6.45, 7) is 16.0. The molecule has 166 valence electrons. The molecule has 0 atom stereocenters. The Labute approximate surface area is 195 Å². The summed E-state index contributed by atoms with van der Waals surface area (Å²) < 4.78 is 5.44. The van der Waals surface area contributed by atoms with E-state index in [1.54, 1.807) is 16.2 Å². The minimum atomic E-state index is -0.447. The van der Waals surface area contributed by atoms with Gasteiger partial charge in [0, 0.05) is 56.9 Å². The number of thiazole rings is 1. The van der Waals surface area contributed by atoms with Gasteiger partial charge in [-0.15, -0.1) is 35.3 Å². The summed E-state index contributed by atoms with van der Waals surface area (Å²) in [4.78, 5) is 26.4. The van der Waals surface area contributed by atoms with Gasteiger partial charge in [0.05, 0.1) is 6.54 Å². The van der Waals surface area contributed by atoms with E-state index in [0.717, 1.165) is 43.7 Å². The molecule has 1 saturated heterocycles. The Morgan fingerprint density at radius 3 is 2.52 bits per heavy atom. The van der Waals surface area contributed by atoms with E-state index >= 15 is 0 Å². The van der Waals surface area contributed by atoms with Gasteiger partial charge in [0.1, 0.15) is 10.6 Å². The number of aromatic nitrogens is 1. The second kappa shape index (κ2) is 12.5. The SMILES string of the molecule is CCNC(=NCc1ncc(C)s1)NCCN1CCN(C(=O)OC(C)(C)C)CC1.I. The van der Waals surface area contributed by atoms with E-state index in [-0.39, 0.29) is 30.1 Å². The Morgan fingerprint density at radius 1 is 1.28 bits per heavy atom. The van der Waals surface area contributed by atoms with Gasteiger partial charge in [-0.2, -0.15) is 0 Å². The first-order valence-electron chi connectivity index (χ1n) is 9.90. The van der Waals surface area contributed by atoms with Crippen molar-refractivity contribution in [1.29, 1.82) is 0 Å². The van der Waals surface area contributed by atoms with E-state index in [1.165, 1.54) is 4.88 Å². The molecule has 1 aromatic heterocycles. The van der Waals surface area contributed by atoms with Crippen LogP contribution in [0.5, 0.6) is 0 Å². The van der Waals surface area contributed by atoms with Crippen LogP contribution in [0.25, 0.3) is 0 Å². The third-order valence-corrected chi connectivity index (χ3v) is 5.03. The first-order valence-corrected chi connectivity index (χ1v) is 10.7. The minimum Gasteiger partial charge on any atom is -0.444 e. The van der Waals surface area contributed by atoms with Crippen molar-refractivity contribution in [3.63, 3.8) is 0 Å². The fraction of sp³-hybridized carbons (Fsp3) is 0.737. The van der Waals surface area contributed by atoms with Crippen molar-refractivity contribution < 1.29 is 9.53 Å². The van der Waals surface area contributed by atoms with Gasteiger partial charge in [0.25, 0.3) is 0 Å². The molecule has 1 aliphatic heterocycles. The highest BCUT2D eigenvalue weighted by Gasteiger charge is 2.25. The predicted octanol–water partition coefficient (Wildman–Crippen LogP) is 2.68. The van der Waals surface area contributed by atoms with Gasteiger partial charge in [-0.25, -0.2) is 14.8 Å². The number of carbonyl (C=O) groups excluding carboxylic acids is 1. The molecule has 0 aromatic carbocycles. The van der Waals surface area contributed by atoms with E-state index in [1.807, 2.05) is 27.0 Å². The quantitative estimate of drug-likeness (QED) is 0.330. The molecule has 0 spiro atoms. The molecule has 8 nitrogen and oxygen atoms in total. The molecule has 0 unspecified atom stereocenters. The van der Waals surface area contributed by atoms with Crippen LogP contribution in [0.1, 0.15) is 37.6 Å². The summed E-state index contributed by atoms with van der Waals surface area (Å²) in [6, 6.07) is 0. The van der Waals surface area contributed by atoms with Crippen LogP contribution in [0.4, 0.5) is 4.79 Å². The summed E-state index contributed by atoms with van der Waals surface area (Å²) in [5, 5.41) is 7.67. The van der Waals surface area contributed by atoms with Gasteiger partial charge in [0.2, 0.25) is 0 Å². The maximum atomic E-state index is 12.1. The number of ether oxygens (including phenoxy) is 1. The minimum absolute atomic E-state index is 0. The Morgan fingerprint density at radius 2 is 1.97 bits per heavy atom. The molecule has 10 heteroatoms. The lowest BCUT2D eigenvalue weighted by molar-refractivity contribution is 0.0147. The molecule has 1 aliphatic rings. The number of aryl methyl sites for hydroxylation is 1. The lowest BCUT2D eigenvalue weighted by Gasteiger charge is -2.35. The van der Waals surface area contributed by atoms with Crippen LogP contribution in [0.2, 0.25) is 0 Å². The van der Waals surface area contributed by atoms with E-state index in [2.05, 4.69) is 39.4 Å². The van der Waals surface area contributed by atoms with Crippen LogP contribution < -0.4 is 10.6 Å². The number of nitrogens with one attached hydrogen (secondary N) is 2. The van der Waals surface area contributed by atoms with E-state index in [0.29, 0.717) is 19.6 Å². The topological polar surface area (TPSA) is 82.1 Å². The van der Waals surface area contributed by atoms with Crippen molar-refractivity contribution in [1.82, 2.24) is 25.4 Å². The van der Waals surface area contributed by atoms with Crippen LogP contribution in [-0.4, -0.2) is 78.3 Å². The monoisotopic (exact) mass is 538 g/mol. The number of carbonyl (C=O) groups is 1. The number of hydrogen-bond acceptors (Lipinski definition) is 6. The maximum Gasteiger partial charge on any atom is 0.410 e. The molecule has 2 N–H and O–H groups in total. The average molecular weight is 539 g/mol. The van der Waals surface area contributed by atoms with Crippen molar-refractivity contribution in [2.75, 3.05) is 45.8 Å². The highest BCUT2D eigenvalue weighted by Crippen LogP contribution is 2.12. The second-order valence-corrected chi connectivity index (χ2v) is 9.11. The Balaban J connectivity index is 0.00000420. The molecule has 2 heterocycles. The molecule has 0 aliphatic carbocycles. The Kier molecular flexibility index (Phi) is 11.2. The van der Waals surface area contributed by atoms with Crippen molar-refractivity contribution in [2.45, 2.75) is 46.8 Å². The fourth-order valence-electron chi connectivity index (χ4n) is 2.78. The number of hydrogen-bond donors (Lipinski definition) is 2. The number of amides is 1. The van der Waals surface area contributed by atoms with Crippen LogP contribution in [-0.2, 0) is 11.3 Å². The average Bonchev–Trinajstić information content (AvgIpc) is 3.04. The fourth-order valence-corrected chi connectivity index (χ4v) is 3.49. The number of rotatable bonds is 6. The third-order valence-electron chi connectivity index (χ3n) is 4.13. The van der Waals surface area contributed by atoms with E-state index in [4.69, 9.17) is 4.74 Å². The zero-order chi connectivity index (χ0) is 20.6. The van der Waals surface area contributed by atoms with Crippen LogP contribution in [0, 0.1) is 6.92 Å². The zero-order valence-corrected chi connectivity index (χ0v) is 21.3. The molecule has 0 bridgehead atoms. The summed E-state index contributed by atoms with van der Waals surface area (Å²) in [5.74, 6) is 0.808. The Bertz CT molecular complexity index is 653. The van der Waals surface area contributed by atoms with Gasteiger partial charge >= 0.3 is 6.09 Å². The van der Waals surface area contributed by atoms with Crippen LogP contribution >= 0.6 is 35.3 Å². The summed E-state index contributed by atoms with van der Waals surface area (Å²) in [6.07, 6.45) is 1.66. The second-order valence-electron chi connectivity index (χ2n) is 7.80. The van der Waals surface area contributed by atoms with E-state index in [9.17, 15) is 4.79 Å². The number of halogens is 1. The van der Waals surface area contributed by atoms with Gasteiger partial charge in [0.15, 0.2) is 5.96 Å². The van der Waals surface area contributed by atoms with Gasteiger partial charge in [-0.05, 0) is 34.6 Å². The molecular formula is C19H35IN6O2S. The van der Waals surface area contributed by atoms with Crippen LogP contribution in [0.15, 0.2) is 11.2 Å². The van der Waals surface area contributed by atoms with Gasteiger partial charge in [-0.1, -0.05) is 0 Å². The number of guanidine groups is 1. The van der Waals surface area contributed by atoms with Crippen LogP contribution in [0.3, 0.4) is 0 Å². The molecule has 0 saturated carbocycles. The number of nitrogens with zero attached hydrogens (tertiary/aromatic N) is 4. The largest absolute Gasteiger partial charge is 0.444 e. The lowest BCUT2D eigenvalue weighted by atomic mass is 10.2. The summed E-state index contributed by atoms with van der Waals surface area (Å²) >= 11 is 1.68. The van der Waals surface area contributed by atoms with E-state index < -0.39 is 5.60 Å². The molecule has 1 aromatic rings. The standard InChI is InChI=1S/C19H34N6O2S.HI/c1-6-20-17(23-14-16-22-13-15(2)28-16)21-7-8-24-9-11-25(12-10-24)18(26)27-19(3,4)5;/h13H,6-12,14H2,1-5H3,(H2,20,21,23);1H. The normalized spacial score (nSPS) is 15.6. The number of piperazine rings is 1. The Hall–Kier alpha value is -1.14. The highest BCUT2D eigenvalue weighted by molar-refractivity contribution is 14.0. The van der Waals surface area contributed by atoms with Crippen molar-refractivity contribution in [3.05, 3.63) is 16.1 Å².